The van der Waals surface area contributed by atoms with Gasteiger partial charge in [0.1, 0.15) is 6.10 Å². The highest BCUT2D eigenvalue weighted by atomic mass is 16.5. The Hall–Kier alpha value is -2.01. The fraction of sp³-hybridized carbons (Fsp3) is 0.556. The molecule has 0 N–H and O–H groups in total. The highest BCUT2D eigenvalue weighted by Gasteiger charge is 2.15. The molecule has 0 bridgehead atoms. The van der Waals surface area contributed by atoms with Gasteiger partial charge in [-0.1, -0.05) is 11.2 Å². The Morgan fingerprint density at radius 1 is 1.50 bits per heavy atom. The highest BCUT2D eigenvalue weighted by Crippen LogP contribution is 2.06. The van der Waals surface area contributed by atoms with Crippen LogP contribution < -0.4 is 0 Å². The summed E-state index contributed by atoms with van der Waals surface area (Å²) in [5.74, 6) is -1.06. The van der Waals surface area contributed by atoms with Gasteiger partial charge < -0.3 is 9.47 Å². The molecule has 7 nitrogen and oxygen atoms in total. The molecule has 88 valence electrons. The lowest BCUT2D eigenvalue weighted by molar-refractivity contribution is -0.145. The highest BCUT2D eigenvalue weighted by molar-refractivity contribution is 5.81. The number of nitrogens with zero attached hydrogens (tertiary/aromatic N) is 3. The number of carbonyl (C=O) groups excluding carboxylic acids is 2. The zero-order valence-corrected chi connectivity index (χ0v) is 9.28. The Morgan fingerprint density at radius 2 is 2.12 bits per heavy atom. The smallest absolute Gasteiger partial charge is 0.330 e. The molecule has 0 heterocycles. The number of rotatable bonds is 5. The van der Waals surface area contributed by atoms with Crippen LogP contribution in [0, 0.1) is 0 Å². The molecule has 0 saturated carbocycles. The third kappa shape index (κ3) is 5.66. The van der Waals surface area contributed by atoms with E-state index in [0.717, 1.165) is 6.08 Å². The lowest BCUT2D eigenvalue weighted by atomic mass is 10.2. The Balaban J connectivity index is 4.60. The van der Waals surface area contributed by atoms with Crippen LogP contribution >= 0.6 is 0 Å². The van der Waals surface area contributed by atoms with Gasteiger partial charge in [-0.25, -0.2) is 4.79 Å². The van der Waals surface area contributed by atoms with Crippen molar-refractivity contribution < 1.29 is 19.1 Å². The summed E-state index contributed by atoms with van der Waals surface area (Å²) in [7, 11) is 1.23. The number of esters is 2. The van der Waals surface area contributed by atoms with Crippen molar-refractivity contribution in [2.45, 2.75) is 26.0 Å². The van der Waals surface area contributed by atoms with Crippen LogP contribution in [-0.4, -0.2) is 31.2 Å². The third-order valence-corrected chi connectivity index (χ3v) is 1.65. The summed E-state index contributed by atoms with van der Waals surface area (Å²) in [6.45, 7) is 2.80. The monoisotopic (exact) mass is 227 g/mol. The van der Waals surface area contributed by atoms with Crippen molar-refractivity contribution >= 4 is 11.9 Å². The molecular formula is C9H13N3O4. The molecule has 0 rings (SSSR count). The van der Waals surface area contributed by atoms with E-state index in [1.54, 1.807) is 6.92 Å². The first-order valence-corrected chi connectivity index (χ1v) is 4.48. The maximum Gasteiger partial charge on any atom is 0.330 e. The van der Waals surface area contributed by atoms with E-state index in [1.807, 2.05) is 0 Å². The second kappa shape index (κ2) is 7.30. The van der Waals surface area contributed by atoms with E-state index in [-0.39, 0.29) is 0 Å². The molecule has 0 aliphatic rings. The molecule has 0 radical (unpaired) electrons. The van der Waals surface area contributed by atoms with Crippen molar-refractivity contribution in [3.8, 4) is 0 Å². The molecule has 0 amide bonds. The van der Waals surface area contributed by atoms with Crippen molar-refractivity contribution in [1.29, 1.82) is 0 Å². The number of methoxy groups -OCH3 is 1. The molecule has 0 fully saturated rings. The molecule has 2 atom stereocenters. The average molecular weight is 227 g/mol. The maximum absolute atomic E-state index is 10.8. The Morgan fingerprint density at radius 3 is 2.56 bits per heavy atom. The minimum absolute atomic E-state index is 0.489. The van der Waals surface area contributed by atoms with E-state index < -0.39 is 24.1 Å². The van der Waals surface area contributed by atoms with Gasteiger partial charge >= 0.3 is 11.9 Å². The van der Waals surface area contributed by atoms with Gasteiger partial charge in [0.15, 0.2) is 0 Å². The molecule has 0 saturated heterocycles. The first kappa shape index (κ1) is 14.0. The Labute approximate surface area is 92.7 Å². The second-order valence-corrected chi connectivity index (χ2v) is 2.89. The van der Waals surface area contributed by atoms with E-state index in [2.05, 4.69) is 14.8 Å². The fourth-order valence-corrected chi connectivity index (χ4v) is 0.925. The van der Waals surface area contributed by atoms with Crippen LogP contribution in [-0.2, 0) is 19.1 Å². The molecule has 7 heteroatoms. The number of carbonyl (C=O) groups is 2. The van der Waals surface area contributed by atoms with Crippen molar-refractivity contribution in [3.63, 3.8) is 0 Å². The summed E-state index contributed by atoms with van der Waals surface area (Å²) in [4.78, 5) is 24.1. The summed E-state index contributed by atoms with van der Waals surface area (Å²) < 4.78 is 9.19. The number of ether oxygens (including phenoxy) is 2. The van der Waals surface area contributed by atoms with E-state index in [9.17, 15) is 9.59 Å². The number of hydrogen-bond donors (Lipinski definition) is 0. The lowest BCUT2D eigenvalue weighted by Gasteiger charge is -2.15. The van der Waals surface area contributed by atoms with E-state index in [0.29, 0.717) is 0 Å². The minimum atomic E-state index is -0.743. The molecule has 0 aliphatic heterocycles. The van der Waals surface area contributed by atoms with Crippen LogP contribution in [0.25, 0.3) is 10.4 Å². The Bertz CT molecular complexity index is 334. The summed E-state index contributed by atoms with van der Waals surface area (Å²) >= 11 is 0. The van der Waals surface area contributed by atoms with Crippen molar-refractivity contribution in [1.82, 2.24) is 0 Å². The van der Waals surface area contributed by atoms with Crippen LogP contribution in [0.15, 0.2) is 17.3 Å². The van der Waals surface area contributed by atoms with Crippen molar-refractivity contribution in [3.05, 3.63) is 22.6 Å². The van der Waals surface area contributed by atoms with E-state index >= 15 is 0 Å². The van der Waals surface area contributed by atoms with Crippen molar-refractivity contribution in [2.75, 3.05) is 7.11 Å². The van der Waals surface area contributed by atoms with E-state index in [4.69, 9.17) is 10.3 Å². The summed E-state index contributed by atoms with van der Waals surface area (Å²) in [6, 6.07) is -0.743. The fourth-order valence-electron chi connectivity index (χ4n) is 0.925. The van der Waals surface area contributed by atoms with Crippen LogP contribution in [0.2, 0.25) is 0 Å². The van der Waals surface area contributed by atoms with Crippen LogP contribution in [0.5, 0.6) is 0 Å². The molecule has 0 aromatic rings. The van der Waals surface area contributed by atoms with Gasteiger partial charge in [-0.15, -0.1) is 0 Å². The van der Waals surface area contributed by atoms with Gasteiger partial charge in [-0.3, -0.25) is 4.79 Å². The molecule has 0 aromatic carbocycles. The number of hydrogen-bond acceptors (Lipinski definition) is 5. The largest absolute Gasteiger partial charge is 0.466 e. The summed E-state index contributed by atoms with van der Waals surface area (Å²) in [5.41, 5.74) is 8.31. The molecule has 0 spiro atoms. The molecule has 0 unspecified atom stereocenters. The zero-order chi connectivity index (χ0) is 12.6. The molecule has 16 heavy (non-hydrogen) atoms. The van der Waals surface area contributed by atoms with E-state index in [1.165, 1.54) is 20.1 Å². The average Bonchev–Trinajstić information content (AvgIpc) is 2.22. The third-order valence-electron chi connectivity index (χ3n) is 1.65. The Kier molecular flexibility index (Phi) is 6.39. The van der Waals surface area contributed by atoms with Crippen LogP contribution in [0.1, 0.15) is 13.8 Å². The lowest BCUT2D eigenvalue weighted by Crippen LogP contribution is -2.24. The molecular weight excluding hydrogens is 214 g/mol. The predicted molar refractivity (Wildman–Crippen MR) is 55.3 cm³/mol. The minimum Gasteiger partial charge on any atom is -0.466 e. The van der Waals surface area contributed by atoms with Crippen LogP contribution in [0.4, 0.5) is 0 Å². The SMILES string of the molecule is COC(=O)/C=C/[C@@H](N=[N+]=[N-])[C@H](C)OC(C)=O. The van der Waals surface area contributed by atoms with Gasteiger partial charge in [-0.05, 0) is 12.5 Å². The number of azide groups is 1. The summed E-state index contributed by atoms with van der Waals surface area (Å²) in [6.07, 6.45) is 1.78. The van der Waals surface area contributed by atoms with Gasteiger partial charge in [0.2, 0.25) is 0 Å². The molecule has 0 aliphatic carbocycles. The quantitative estimate of drug-likeness (QED) is 0.232. The normalized spacial score (nSPS) is 13.7. The first-order valence-electron chi connectivity index (χ1n) is 4.48. The predicted octanol–water partition coefficient (Wildman–Crippen LogP) is 1.35. The molecule has 0 aromatic heterocycles. The summed E-state index contributed by atoms with van der Waals surface area (Å²) in [5, 5.41) is 3.39. The van der Waals surface area contributed by atoms with Crippen molar-refractivity contribution in [2.24, 2.45) is 5.11 Å². The van der Waals surface area contributed by atoms with Gasteiger partial charge in [0, 0.05) is 17.9 Å². The zero-order valence-electron chi connectivity index (χ0n) is 9.28. The topological polar surface area (TPSA) is 101 Å². The standard InChI is InChI=1S/C9H13N3O4/c1-6(16-7(2)13)8(11-12-10)4-5-9(14)15-3/h4-6,8H,1-3H3/b5-4+/t6-,8+/m0/s1. The van der Waals surface area contributed by atoms with Gasteiger partial charge in [0.05, 0.1) is 13.2 Å². The first-order chi connectivity index (χ1) is 7.51. The van der Waals surface area contributed by atoms with Gasteiger partial charge in [-0.2, -0.15) is 0 Å². The van der Waals surface area contributed by atoms with Crippen LogP contribution in [0.3, 0.4) is 0 Å². The maximum atomic E-state index is 10.8. The van der Waals surface area contributed by atoms with Gasteiger partial charge in [0.25, 0.3) is 0 Å². The second-order valence-electron chi connectivity index (χ2n) is 2.89.